The molecule has 1 unspecified atom stereocenters. The van der Waals surface area contributed by atoms with E-state index in [2.05, 4.69) is 45.0 Å². The summed E-state index contributed by atoms with van der Waals surface area (Å²) < 4.78 is 0. The summed E-state index contributed by atoms with van der Waals surface area (Å²) >= 11 is 0. The summed E-state index contributed by atoms with van der Waals surface area (Å²) in [5.74, 6) is 0. The van der Waals surface area contributed by atoms with Gasteiger partial charge in [-0.15, -0.1) is 0 Å². The Morgan fingerprint density at radius 3 is 2.27 bits per heavy atom. The van der Waals surface area contributed by atoms with Crippen LogP contribution in [0.15, 0.2) is 0 Å². The number of hydrogen-bond acceptors (Lipinski definition) is 2. The lowest BCUT2D eigenvalue weighted by Gasteiger charge is -2.34. The Hall–Kier alpha value is -0.0800. The Bertz CT molecular complexity index is 147. The summed E-state index contributed by atoms with van der Waals surface area (Å²) in [6.45, 7) is 14.0. The quantitative estimate of drug-likeness (QED) is 0.635. The summed E-state index contributed by atoms with van der Waals surface area (Å²) in [6.07, 6.45) is 3.87. The normalized spacial score (nSPS) is 15.6. The zero-order valence-electron chi connectivity index (χ0n) is 11.4. The molecule has 0 aliphatic heterocycles. The van der Waals surface area contributed by atoms with Crippen molar-refractivity contribution in [2.75, 3.05) is 33.2 Å². The molecule has 0 spiro atoms. The smallest absolute Gasteiger partial charge is 0.00473 e. The van der Waals surface area contributed by atoms with Crippen molar-refractivity contribution in [2.45, 2.75) is 47.0 Å². The van der Waals surface area contributed by atoms with Gasteiger partial charge in [-0.2, -0.15) is 0 Å². The van der Waals surface area contributed by atoms with E-state index in [0.29, 0.717) is 5.41 Å². The second kappa shape index (κ2) is 8.12. The van der Waals surface area contributed by atoms with Crippen molar-refractivity contribution in [1.29, 1.82) is 0 Å². The van der Waals surface area contributed by atoms with Crippen molar-refractivity contribution in [1.82, 2.24) is 10.2 Å². The van der Waals surface area contributed by atoms with Crippen molar-refractivity contribution in [3.63, 3.8) is 0 Å². The van der Waals surface area contributed by atoms with Crippen LogP contribution in [0.3, 0.4) is 0 Å². The Morgan fingerprint density at radius 1 is 1.20 bits per heavy atom. The van der Waals surface area contributed by atoms with E-state index in [1.54, 1.807) is 0 Å². The number of nitrogens with zero attached hydrogens (tertiary/aromatic N) is 1. The van der Waals surface area contributed by atoms with E-state index in [1.165, 1.54) is 38.9 Å². The van der Waals surface area contributed by atoms with Crippen LogP contribution < -0.4 is 5.32 Å². The van der Waals surface area contributed by atoms with Crippen LogP contribution in [-0.2, 0) is 0 Å². The zero-order chi connectivity index (χ0) is 11.7. The van der Waals surface area contributed by atoms with Crippen LogP contribution in [0.4, 0.5) is 0 Å². The molecule has 2 heteroatoms. The summed E-state index contributed by atoms with van der Waals surface area (Å²) in [4.78, 5) is 2.59. The number of nitrogens with one attached hydrogen (secondary N) is 1. The standard InChI is InChI=1S/C13H30N2/c1-6-9-10-15(8-3)12-13(4,7-2)11-14-5/h14H,6-12H2,1-5H3. The van der Waals surface area contributed by atoms with Gasteiger partial charge in [-0.05, 0) is 38.4 Å². The van der Waals surface area contributed by atoms with Crippen LogP contribution in [0.2, 0.25) is 0 Å². The first-order valence-electron chi connectivity index (χ1n) is 6.48. The van der Waals surface area contributed by atoms with Crippen LogP contribution >= 0.6 is 0 Å². The minimum absolute atomic E-state index is 0.429. The van der Waals surface area contributed by atoms with Gasteiger partial charge in [-0.3, -0.25) is 0 Å². The van der Waals surface area contributed by atoms with Gasteiger partial charge in [0.25, 0.3) is 0 Å². The van der Waals surface area contributed by atoms with Crippen LogP contribution in [0.1, 0.15) is 47.0 Å². The molecule has 2 nitrogen and oxygen atoms in total. The minimum atomic E-state index is 0.429. The molecular weight excluding hydrogens is 184 g/mol. The van der Waals surface area contributed by atoms with Gasteiger partial charge < -0.3 is 10.2 Å². The monoisotopic (exact) mass is 214 g/mol. The molecule has 1 atom stereocenters. The van der Waals surface area contributed by atoms with Gasteiger partial charge in [-0.25, -0.2) is 0 Å². The first kappa shape index (κ1) is 14.9. The van der Waals surface area contributed by atoms with Gasteiger partial charge in [0, 0.05) is 13.1 Å². The average Bonchev–Trinajstić information content (AvgIpc) is 2.24. The molecule has 0 aliphatic rings. The average molecular weight is 214 g/mol. The first-order valence-corrected chi connectivity index (χ1v) is 6.48. The lowest BCUT2D eigenvalue weighted by molar-refractivity contribution is 0.161. The van der Waals surface area contributed by atoms with E-state index in [9.17, 15) is 0 Å². The highest BCUT2D eigenvalue weighted by atomic mass is 15.1. The fraction of sp³-hybridized carbons (Fsp3) is 1.00. The molecule has 1 N–H and O–H groups in total. The largest absolute Gasteiger partial charge is 0.319 e. The van der Waals surface area contributed by atoms with E-state index >= 15 is 0 Å². The van der Waals surface area contributed by atoms with Gasteiger partial charge in [0.05, 0.1) is 0 Å². The van der Waals surface area contributed by atoms with E-state index in [4.69, 9.17) is 0 Å². The molecule has 0 saturated heterocycles. The molecule has 0 aromatic rings. The van der Waals surface area contributed by atoms with Crippen LogP contribution in [-0.4, -0.2) is 38.1 Å². The molecule has 15 heavy (non-hydrogen) atoms. The van der Waals surface area contributed by atoms with E-state index in [1.807, 2.05) is 0 Å². The molecule has 0 bridgehead atoms. The van der Waals surface area contributed by atoms with Crippen molar-refractivity contribution >= 4 is 0 Å². The molecule has 0 rings (SSSR count). The lowest BCUT2D eigenvalue weighted by Crippen LogP contribution is -2.41. The molecule has 0 aromatic heterocycles. The molecule has 0 radical (unpaired) electrons. The third-order valence-electron chi connectivity index (χ3n) is 3.34. The fourth-order valence-corrected chi connectivity index (χ4v) is 1.99. The molecule has 0 amide bonds. The van der Waals surface area contributed by atoms with Gasteiger partial charge in [0.15, 0.2) is 0 Å². The van der Waals surface area contributed by atoms with Crippen molar-refractivity contribution < 1.29 is 0 Å². The Kier molecular flexibility index (Phi) is 8.07. The molecular formula is C13H30N2. The maximum absolute atomic E-state index is 3.32. The molecule has 92 valence electrons. The van der Waals surface area contributed by atoms with E-state index in [0.717, 1.165) is 6.54 Å². The highest BCUT2D eigenvalue weighted by Crippen LogP contribution is 2.21. The van der Waals surface area contributed by atoms with Crippen molar-refractivity contribution in [3.8, 4) is 0 Å². The topological polar surface area (TPSA) is 15.3 Å². The van der Waals surface area contributed by atoms with E-state index < -0.39 is 0 Å². The van der Waals surface area contributed by atoms with Crippen molar-refractivity contribution in [3.05, 3.63) is 0 Å². The van der Waals surface area contributed by atoms with Gasteiger partial charge >= 0.3 is 0 Å². The Balaban J connectivity index is 4.09. The van der Waals surface area contributed by atoms with Gasteiger partial charge in [0.2, 0.25) is 0 Å². The van der Waals surface area contributed by atoms with Crippen LogP contribution in [0.5, 0.6) is 0 Å². The summed E-state index contributed by atoms with van der Waals surface area (Å²) in [6, 6.07) is 0. The van der Waals surface area contributed by atoms with Crippen molar-refractivity contribution in [2.24, 2.45) is 5.41 Å². The highest BCUT2D eigenvalue weighted by Gasteiger charge is 2.23. The van der Waals surface area contributed by atoms with E-state index in [-0.39, 0.29) is 0 Å². The van der Waals surface area contributed by atoms with Gasteiger partial charge in [0.1, 0.15) is 0 Å². The first-order chi connectivity index (χ1) is 7.11. The SMILES string of the molecule is CCCCN(CC)CC(C)(CC)CNC. The Morgan fingerprint density at radius 2 is 1.87 bits per heavy atom. The fourth-order valence-electron chi connectivity index (χ4n) is 1.99. The molecule has 0 aliphatic carbocycles. The Labute approximate surface area is 96.4 Å². The predicted octanol–water partition coefficient (Wildman–Crippen LogP) is 2.74. The summed E-state index contributed by atoms with van der Waals surface area (Å²) in [5.41, 5.74) is 0.429. The molecule has 0 heterocycles. The second-order valence-corrected chi connectivity index (χ2v) is 4.92. The molecule has 0 aromatic carbocycles. The molecule has 0 fully saturated rings. The number of rotatable bonds is 9. The third kappa shape index (κ3) is 6.16. The molecule has 0 saturated carbocycles. The second-order valence-electron chi connectivity index (χ2n) is 4.92. The maximum Gasteiger partial charge on any atom is 0.00473 e. The number of unbranched alkanes of at least 4 members (excludes halogenated alkanes) is 1. The lowest BCUT2D eigenvalue weighted by atomic mass is 9.86. The summed E-state index contributed by atoms with van der Waals surface area (Å²) in [7, 11) is 2.05. The van der Waals surface area contributed by atoms with Crippen LogP contribution in [0, 0.1) is 5.41 Å². The number of hydrogen-bond donors (Lipinski definition) is 1. The summed E-state index contributed by atoms with van der Waals surface area (Å²) in [5, 5.41) is 3.32. The van der Waals surface area contributed by atoms with Gasteiger partial charge in [-0.1, -0.05) is 34.1 Å². The van der Waals surface area contributed by atoms with Crippen LogP contribution in [0.25, 0.3) is 0 Å². The minimum Gasteiger partial charge on any atom is -0.319 e. The third-order valence-corrected chi connectivity index (χ3v) is 3.34. The maximum atomic E-state index is 3.32. The predicted molar refractivity (Wildman–Crippen MR) is 69.3 cm³/mol. The highest BCUT2D eigenvalue weighted by molar-refractivity contribution is 4.78. The zero-order valence-corrected chi connectivity index (χ0v) is 11.4.